The maximum Gasteiger partial charge on any atom is 0.222 e. The van der Waals surface area contributed by atoms with Crippen molar-refractivity contribution in [3.8, 4) is 0 Å². The number of piperidine rings is 1. The summed E-state index contributed by atoms with van der Waals surface area (Å²) < 4.78 is 0. The van der Waals surface area contributed by atoms with E-state index in [1.165, 1.54) is 12.8 Å². The van der Waals surface area contributed by atoms with Gasteiger partial charge in [0.25, 0.3) is 0 Å². The fourth-order valence-corrected chi connectivity index (χ4v) is 3.61. The highest BCUT2D eigenvalue weighted by atomic mass is 16.2. The molecule has 0 aromatic heterocycles. The third-order valence-corrected chi connectivity index (χ3v) is 5.18. The molecule has 2 N–H and O–H groups in total. The van der Waals surface area contributed by atoms with Crippen LogP contribution in [-0.2, 0) is 11.2 Å². The molecule has 1 amide bonds. The lowest BCUT2D eigenvalue weighted by Crippen LogP contribution is -2.33. The Labute approximate surface area is 153 Å². The van der Waals surface area contributed by atoms with Crippen molar-refractivity contribution < 1.29 is 4.79 Å². The largest absolute Gasteiger partial charge is 0.397 e. The van der Waals surface area contributed by atoms with Crippen LogP contribution in [0.5, 0.6) is 0 Å². The molecule has 1 fully saturated rings. The van der Waals surface area contributed by atoms with E-state index in [0.717, 1.165) is 68.3 Å². The first-order valence-corrected chi connectivity index (χ1v) is 9.96. The van der Waals surface area contributed by atoms with Gasteiger partial charge in [0.15, 0.2) is 0 Å². The van der Waals surface area contributed by atoms with E-state index in [2.05, 4.69) is 43.9 Å². The zero-order valence-electron chi connectivity index (χ0n) is 16.3. The lowest BCUT2D eigenvalue weighted by atomic mass is 9.98. The van der Waals surface area contributed by atoms with Gasteiger partial charge in [0.2, 0.25) is 5.91 Å². The second kappa shape index (κ2) is 9.69. The Kier molecular flexibility index (Phi) is 7.60. The highest BCUT2D eigenvalue weighted by Crippen LogP contribution is 2.29. The van der Waals surface area contributed by atoms with E-state index in [0.29, 0.717) is 6.42 Å². The average molecular weight is 346 g/mol. The Balaban J connectivity index is 1.92. The Morgan fingerprint density at radius 2 is 1.84 bits per heavy atom. The van der Waals surface area contributed by atoms with Crippen molar-refractivity contribution in [2.24, 2.45) is 5.92 Å². The lowest BCUT2D eigenvalue weighted by Gasteiger charge is -2.33. The molecule has 0 saturated carbocycles. The molecule has 1 saturated heterocycles. The number of nitrogens with zero attached hydrogens (tertiary/aromatic N) is 2. The minimum absolute atomic E-state index is 0.261. The van der Waals surface area contributed by atoms with Crippen molar-refractivity contribution in [2.45, 2.75) is 59.3 Å². The molecular formula is C21H35N3O. The standard InChI is InChI=1S/C21H35N3O/c1-4-12-24(13-5-2)21(25)9-7-18-6-8-20(19(22)16-18)23-14-10-17(3)11-15-23/h6,8,16-17H,4-5,7,9-15,22H2,1-3H3. The third-order valence-electron chi connectivity index (χ3n) is 5.18. The molecule has 0 unspecified atom stereocenters. The molecule has 0 radical (unpaired) electrons. The van der Waals surface area contributed by atoms with Crippen LogP contribution in [0.4, 0.5) is 11.4 Å². The maximum atomic E-state index is 12.4. The van der Waals surface area contributed by atoms with Crippen LogP contribution in [0.1, 0.15) is 58.4 Å². The smallest absolute Gasteiger partial charge is 0.222 e. The van der Waals surface area contributed by atoms with E-state index in [1.807, 2.05) is 4.90 Å². The van der Waals surface area contributed by atoms with E-state index in [1.54, 1.807) is 0 Å². The van der Waals surface area contributed by atoms with Crippen molar-refractivity contribution >= 4 is 17.3 Å². The monoisotopic (exact) mass is 345 g/mol. The van der Waals surface area contributed by atoms with Gasteiger partial charge in [-0.15, -0.1) is 0 Å². The zero-order valence-corrected chi connectivity index (χ0v) is 16.3. The molecule has 4 heteroatoms. The fourth-order valence-electron chi connectivity index (χ4n) is 3.61. The molecular weight excluding hydrogens is 310 g/mol. The van der Waals surface area contributed by atoms with Gasteiger partial charge in [-0.05, 0) is 55.7 Å². The number of amides is 1. The summed E-state index contributed by atoms with van der Waals surface area (Å²) in [4.78, 5) is 16.8. The molecule has 4 nitrogen and oxygen atoms in total. The van der Waals surface area contributed by atoms with Crippen LogP contribution in [0.15, 0.2) is 18.2 Å². The summed E-state index contributed by atoms with van der Waals surface area (Å²) in [5, 5.41) is 0. The predicted molar refractivity (Wildman–Crippen MR) is 107 cm³/mol. The summed E-state index contributed by atoms with van der Waals surface area (Å²) >= 11 is 0. The molecule has 1 aromatic rings. The lowest BCUT2D eigenvalue weighted by molar-refractivity contribution is -0.131. The van der Waals surface area contributed by atoms with Crippen molar-refractivity contribution in [2.75, 3.05) is 36.8 Å². The minimum Gasteiger partial charge on any atom is -0.397 e. The molecule has 0 spiro atoms. The van der Waals surface area contributed by atoms with E-state index in [9.17, 15) is 4.79 Å². The summed E-state index contributed by atoms with van der Waals surface area (Å²) in [6, 6.07) is 6.34. The Bertz CT molecular complexity index is 544. The fraction of sp³-hybridized carbons (Fsp3) is 0.667. The van der Waals surface area contributed by atoms with Crippen molar-refractivity contribution in [3.05, 3.63) is 23.8 Å². The number of benzene rings is 1. The van der Waals surface area contributed by atoms with E-state index < -0.39 is 0 Å². The van der Waals surface area contributed by atoms with Gasteiger partial charge in [0, 0.05) is 32.6 Å². The molecule has 140 valence electrons. The van der Waals surface area contributed by atoms with Gasteiger partial charge >= 0.3 is 0 Å². The minimum atomic E-state index is 0.261. The van der Waals surface area contributed by atoms with Crippen molar-refractivity contribution in [1.82, 2.24) is 4.90 Å². The van der Waals surface area contributed by atoms with E-state index in [4.69, 9.17) is 5.73 Å². The van der Waals surface area contributed by atoms with Crippen LogP contribution in [0.3, 0.4) is 0 Å². The highest BCUT2D eigenvalue weighted by Gasteiger charge is 2.18. The first-order valence-electron chi connectivity index (χ1n) is 9.96. The zero-order chi connectivity index (χ0) is 18.2. The van der Waals surface area contributed by atoms with E-state index in [-0.39, 0.29) is 5.91 Å². The van der Waals surface area contributed by atoms with E-state index >= 15 is 0 Å². The van der Waals surface area contributed by atoms with Gasteiger partial charge in [0.1, 0.15) is 0 Å². The van der Waals surface area contributed by atoms with Crippen LogP contribution in [0, 0.1) is 5.92 Å². The Morgan fingerprint density at radius 1 is 1.20 bits per heavy atom. The molecule has 25 heavy (non-hydrogen) atoms. The summed E-state index contributed by atoms with van der Waals surface area (Å²) in [7, 11) is 0. The Morgan fingerprint density at radius 3 is 2.40 bits per heavy atom. The molecule has 0 atom stereocenters. The second-order valence-corrected chi connectivity index (χ2v) is 7.44. The summed E-state index contributed by atoms with van der Waals surface area (Å²) in [5.74, 6) is 1.08. The molecule has 1 aliphatic rings. The third kappa shape index (κ3) is 5.65. The number of hydrogen-bond donors (Lipinski definition) is 1. The summed E-state index contributed by atoms with van der Waals surface area (Å²) in [6.45, 7) is 10.5. The maximum absolute atomic E-state index is 12.4. The topological polar surface area (TPSA) is 49.6 Å². The van der Waals surface area contributed by atoms with Gasteiger partial charge < -0.3 is 15.5 Å². The number of carbonyl (C=O) groups is 1. The number of nitrogen functional groups attached to an aromatic ring is 1. The van der Waals surface area contributed by atoms with Crippen molar-refractivity contribution in [1.29, 1.82) is 0 Å². The molecule has 1 aromatic carbocycles. The van der Waals surface area contributed by atoms with Crippen LogP contribution >= 0.6 is 0 Å². The summed E-state index contributed by atoms with van der Waals surface area (Å²) in [5.41, 5.74) is 9.47. The Hall–Kier alpha value is -1.71. The highest BCUT2D eigenvalue weighted by molar-refractivity contribution is 5.76. The number of aryl methyl sites for hydroxylation is 1. The van der Waals surface area contributed by atoms with Crippen LogP contribution in [-0.4, -0.2) is 37.0 Å². The van der Waals surface area contributed by atoms with Crippen LogP contribution in [0.25, 0.3) is 0 Å². The first-order chi connectivity index (χ1) is 12.0. The quantitative estimate of drug-likeness (QED) is 0.722. The van der Waals surface area contributed by atoms with Gasteiger partial charge in [-0.3, -0.25) is 4.79 Å². The SMILES string of the molecule is CCCN(CCC)C(=O)CCc1ccc(N2CCC(C)CC2)c(N)c1. The number of hydrogen-bond acceptors (Lipinski definition) is 3. The normalized spacial score (nSPS) is 15.4. The number of rotatable bonds is 8. The van der Waals surface area contributed by atoms with Gasteiger partial charge in [0.05, 0.1) is 11.4 Å². The van der Waals surface area contributed by atoms with Crippen LogP contribution in [0.2, 0.25) is 0 Å². The predicted octanol–water partition coefficient (Wildman–Crippen LogP) is 4.09. The van der Waals surface area contributed by atoms with Crippen LogP contribution < -0.4 is 10.6 Å². The number of nitrogens with two attached hydrogens (primary N) is 1. The molecule has 0 aliphatic carbocycles. The molecule has 1 heterocycles. The second-order valence-electron chi connectivity index (χ2n) is 7.44. The van der Waals surface area contributed by atoms with Crippen molar-refractivity contribution in [3.63, 3.8) is 0 Å². The summed E-state index contributed by atoms with van der Waals surface area (Å²) in [6.07, 6.45) is 5.84. The van der Waals surface area contributed by atoms with Gasteiger partial charge in [-0.25, -0.2) is 0 Å². The molecule has 2 rings (SSSR count). The number of carbonyl (C=O) groups excluding carboxylic acids is 1. The average Bonchev–Trinajstić information content (AvgIpc) is 2.60. The van der Waals surface area contributed by atoms with Gasteiger partial charge in [-0.2, -0.15) is 0 Å². The first kappa shape index (κ1) is 19.6. The number of anilines is 2. The van der Waals surface area contributed by atoms with Gasteiger partial charge in [-0.1, -0.05) is 26.8 Å². The molecule has 1 aliphatic heterocycles. The molecule has 0 bridgehead atoms.